The Morgan fingerprint density at radius 1 is 1.36 bits per heavy atom. The van der Waals surface area contributed by atoms with Crippen molar-refractivity contribution in [2.24, 2.45) is 0 Å². The van der Waals surface area contributed by atoms with Crippen molar-refractivity contribution in [1.29, 1.82) is 0 Å². The fourth-order valence-corrected chi connectivity index (χ4v) is 1.21. The molecule has 4 heteroatoms. The Morgan fingerprint density at radius 3 is 2.55 bits per heavy atom. The van der Waals surface area contributed by atoms with Gasteiger partial charge in [-0.2, -0.15) is 0 Å². The molecule has 0 radical (unpaired) electrons. The van der Waals surface area contributed by atoms with E-state index in [0.29, 0.717) is 0 Å². The fraction of sp³-hybridized carbons (Fsp3) is 1.00. The third-order valence-corrected chi connectivity index (χ3v) is 2.02. The van der Waals surface area contributed by atoms with Crippen LogP contribution in [-0.4, -0.2) is 46.3 Å². The zero-order valence-corrected chi connectivity index (χ0v) is 6.47. The van der Waals surface area contributed by atoms with E-state index in [0.717, 1.165) is 0 Å². The highest BCUT2D eigenvalue weighted by molar-refractivity contribution is 4.81. The number of hydrogen-bond acceptors (Lipinski definition) is 4. The second-order valence-electron chi connectivity index (χ2n) is 2.93. The molecule has 4 atom stereocenters. The van der Waals surface area contributed by atoms with Gasteiger partial charge in [-0.1, -0.05) is 0 Å². The molecule has 0 aromatic carbocycles. The zero-order valence-electron chi connectivity index (χ0n) is 6.47. The molecule has 1 aliphatic heterocycles. The van der Waals surface area contributed by atoms with Crippen LogP contribution in [0, 0.1) is 0 Å². The first-order valence-electron chi connectivity index (χ1n) is 3.77. The molecule has 1 aliphatic rings. The molecule has 1 saturated heterocycles. The van der Waals surface area contributed by atoms with Gasteiger partial charge in [-0.25, -0.2) is 0 Å². The molecule has 0 aliphatic carbocycles. The van der Waals surface area contributed by atoms with Crippen LogP contribution in [0.2, 0.25) is 0 Å². The Hall–Kier alpha value is -0.160. The standard InChI is InChI=1S/C7H14O4/c1-4-5(9)2-6(10)7(3-8)11-4/h4-10H,2-3H2,1H3/t4?,5-,6+,7-/m0/s1. The van der Waals surface area contributed by atoms with Crippen LogP contribution < -0.4 is 0 Å². The van der Waals surface area contributed by atoms with Crippen molar-refractivity contribution < 1.29 is 20.1 Å². The lowest BCUT2D eigenvalue weighted by Crippen LogP contribution is -2.47. The Bertz CT molecular complexity index is 128. The molecule has 1 rings (SSSR count). The highest BCUT2D eigenvalue weighted by atomic mass is 16.5. The Labute approximate surface area is 65.4 Å². The summed E-state index contributed by atoms with van der Waals surface area (Å²) in [5.74, 6) is 0. The lowest BCUT2D eigenvalue weighted by molar-refractivity contribution is -0.173. The summed E-state index contributed by atoms with van der Waals surface area (Å²) in [4.78, 5) is 0. The second-order valence-corrected chi connectivity index (χ2v) is 2.93. The predicted octanol–water partition coefficient (Wildman–Crippen LogP) is -1.12. The third-order valence-electron chi connectivity index (χ3n) is 2.02. The summed E-state index contributed by atoms with van der Waals surface area (Å²) in [7, 11) is 0. The van der Waals surface area contributed by atoms with Crippen molar-refractivity contribution >= 4 is 0 Å². The first-order valence-corrected chi connectivity index (χ1v) is 3.77. The van der Waals surface area contributed by atoms with Gasteiger partial charge in [0, 0.05) is 6.42 Å². The molecule has 0 amide bonds. The monoisotopic (exact) mass is 162 g/mol. The average molecular weight is 162 g/mol. The molecule has 4 nitrogen and oxygen atoms in total. The Balaban J connectivity index is 2.48. The number of ether oxygens (including phenoxy) is 1. The summed E-state index contributed by atoms with van der Waals surface area (Å²) in [6.45, 7) is 1.53. The molecule has 0 spiro atoms. The van der Waals surface area contributed by atoms with Crippen molar-refractivity contribution in [3.63, 3.8) is 0 Å². The minimum Gasteiger partial charge on any atom is -0.394 e. The van der Waals surface area contributed by atoms with E-state index in [9.17, 15) is 10.2 Å². The van der Waals surface area contributed by atoms with Gasteiger partial charge in [0.15, 0.2) is 0 Å². The summed E-state index contributed by atoms with van der Waals surface area (Å²) in [5.41, 5.74) is 0. The maximum atomic E-state index is 9.21. The van der Waals surface area contributed by atoms with Crippen LogP contribution in [-0.2, 0) is 4.74 Å². The molecular weight excluding hydrogens is 148 g/mol. The van der Waals surface area contributed by atoms with Gasteiger partial charge in [0.2, 0.25) is 0 Å². The smallest absolute Gasteiger partial charge is 0.107 e. The van der Waals surface area contributed by atoms with E-state index in [1.807, 2.05) is 0 Å². The van der Waals surface area contributed by atoms with Crippen molar-refractivity contribution in [2.45, 2.75) is 37.8 Å². The van der Waals surface area contributed by atoms with Gasteiger partial charge in [0.05, 0.1) is 24.9 Å². The summed E-state index contributed by atoms with van der Waals surface area (Å²) in [5, 5.41) is 27.1. The minimum atomic E-state index is -0.744. The van der Waals surface area contributed by atoms with Gasteiger partial charge in [-0.15, -0.1) is 0 Å². The van der Waals surface area contributed by atoms with Gasteiger partial charge in [-0.3, -0.25) is 0 Å². The van der Waals surface area contributed by atoms with Crippen molar-refractivity contribution in [3.05, 3.63) is 0 Å². The normalized spacial score (nSPS) is 45.8. The van der Waals surface area contributed by atoms with Crippen LogP contribution in [0.1, 0.15) is 13.3 Å². The molecule has 0 bridgehead atoms. The van der Waals surface area contributed by atoms with E-state index >= 15 is 0 Å². The summed E-state index contributed by atoms with van der Waals surface area (Å²) in [6, 6.07) is 0. The molecule has 1 fully saturated rings. The van der Waals surface area contributed by atoms with Gasteiger partial charge in [-0.05, 0) is 6.92 Å². The van der Waals surface area contributed by atoms with Gasteiger partial charge >= 0.3 is 0 Å². The minimum absolute atomic E-state index is 0.196. The fourth-order valence-electron chi connectivity index (χ4n) is 1.21. The summed E-state index contributed by atoms with van der Waals surface area (Å²) in [6.07, 6.45) is -1.91. The SMILES string of the molecule is CC1O[C@@H](CO)[C@H](O)C[C@@H]1O. The van der Waals surface area contributed by atoms with Crippen LogP contribution in [0.15, 0.2) is 0 Å². The van der Waals surface area contributed by atoms with Crippen LogP contribution in [0.5, 0.6) is 0 Å². The Morgan fingerprint density at radius 2 is 2.00 bits per heavy atom. The quantitative estimate of drug-likeness (QED) is 0.456. The first-order chi connectivity index (χ1) is 5.15. The summed E-state index contributed by atoms with van der Waals surface area (Å²) < 4.78 is 5.11. The topological polar surface area (TPSA) is 69.9 Å². The maximum absolute atomic E-state index is 9.21. The van der Waals surface area contributed by atoms with Gasteiger partial charge in [0.25, 0.3) is 0 Å². The highest BCUT2D eigenvalue weighted by Crippen LogP contribution is 2.19. The summed E-state index contributed by atoms with van der Waals surface area (Å²) >= 11 is 0. The lowest BCUT2D eigenvalue weighted by atomic mass is 10.00. The van der Waals surface area contributed by atoms with Crippen LogP contribution >= 0.6 is 0 Å². The van der Waals surface area contributed by atoms with E-state index in [2.05, 4.69) is 0 Å². The number of hydrogen-bond donors (Lipinski definition) is 3. The molecule has 0 aromatic rings. The predicted molar refractivity (Wildman–Crippen MR) is 38.1 cm³/mol. The number of aliphatic hydroxyl groups is 3. The van der Waals surface area contributed by atoms with Crippen molar-refractivity contribution in [3.8, 4) is 0 Å². The van der Waals surface area contributed by atoms with Crippen LogP contribution in [0.25, 0.3) is 0 Å². The largest absolute Gasteiger partial charge is 0.394 e. The molecule has 1 heterocycles. The number of rotatable bonds is 1. The first kappa shape index (κ1) is 8.93. The van der Waals surface area contributed by atoms with Gasteiger partial charge in [0.1, 0.15) is 6.10 Å². The van der Waals surface area contributed by atoms with E-state index in [4.69, 9.17) is 9.84 Å². The van der Waals surface area contributed by atoms with E-state index in [1.165, 1.54) is 0 Å². The molecular formula is C7H14O4. The van der Waals surface area contributed by atoms with E-state index in [-0.39, 0.29) is 19.1 Å². The molecule has 0 saturated carbocycles. The van der Waals surface area contributed by atoms with Crippen molar-refractivity contribution in [1.82, 2.24) is 0 Å². The van der Waals surface area contributed by atoms with E-state index in [1.54, 1.807) is 6.92 Å². The molecule has 3 N–H and O–H groups in total. The van der Waals surface area contributed by atoms with Gasteiger partial charge < -0.3 is 20.1 Å². The lowest BCUT2D eigenvalue weighted by Gasteiger charge is -2.34. The zero-order chi connectivity index (χ0) is 8.43. The third kappa shape index (κ3) is 1.90. The average Bonchev–Trinajstić information content (AvgIpc) is 1.97. The highest BCUT2D eigenvalue weighted by Gasteiger charge is 2.32. The molecule has 11 heavy (non-hydrogen) atoms. The number of aliphatic hydroxyl groups excluding tert-OH is 3. The molecule has 1 unspecified atom stereocenters. The van der Waals surface area contributed by atoms with E-state index < -0.39 is 18.3 Å². The van der Waals surface area contributed by atoms with Crippen molar-refractivity contribution in [2.75, 3.05) is 6.61 Å². The molecule has 66 valence electrons. The molecule has 0 aromatic heterocycles. The second kappa shape index (κ2) is 3.49. The Kier molecular flexibility index (Phi) is 2.84. The van der Waals surface area contributed by atoms with Crippen LogP contribution in [0.3, 0.4) is 0 Å². The maximum Gasteiger partial charge on any atom is 0.107 e. The van der Waals surface area contributed by atoms with Crippen LogP contribution in [0.4, 0.5) is 0 Å².